The number of piperazine rings is 2. The van der Waals surface area contributed by atoms with Crippen molar-refractivity contribution in [2.75, 3.05) is 55.6 Å². The normalized spacial score (nSPS) is 21.4. The number of aliphatic carboxylic acids is 1. The largest absolute Gasteiger partial charge is 0.481 e. The van der Waals surface area contributed by atoms with E-state index in [9.17, 15) is 5.11 Å². The highest BCUT2D eigenvalue weighted by Crippen LogP contribution is 2.30. The molecule has 2 heterocycles. The van der Waals surface area contributed by atoms with Crippen LogP contribution in [0.1, 0.15) is 45.7 Å². The number of anilines is 2. The topological polar surface area (TPSA) is 70.5 Å². The molecule has 2 saturated heterocycles. The van der Waals surface area contributed by atoms with E-state index in [2.05, 4.69) is 88.9 Å². The SMILES string of the molecule is CC(=O)O.Cc1cc(N2CCN(CC(C)(C)O)C[C@H]2C)ccc1N1CCN(Cc2ccccc2)[C@H](C)C1. The number of carbonyl (C=O) groups is 1. The number of nitrogens with zero attached hydrogens (tertiary/aromatic N) is 4. The Morgan fingerprint density at radius 3 is 2.22 bits per heavy atom. The average Bonchev–Trinajstić information content (AvgIpc) is 2.80. The number of carboxylic acid groups (broad SMARTS) is 1. The molecular formula is C30H46N4O3. The van der Waals surface area contributed by atoms with Crippen molar-refractivity contribution in [2.45, 2.75) is 65.8 Å². The third-order valence-corrected chi connectivity index (χ3v) is 7.17. The van der Waals surface area contributed by atoms with Gasteiger partial charge in [0.25, 0.3) is 5.97 Å². The summed E-state index contributed by atoms with van der Waals surface area (Å²) in [5, 5.41) is 17.6. The predicted molar refractivity (Wildman–Crippen MR) is 153 cm³/mol. The first kappa shape index (κ1) is 29.0. The van der Waals surface area contributed by atoms with E-state index in [1.807, 2.05) is 13.8 Å². The second-order valence-electron chi connectivity index (χ2n) is 11.3. The minimum absolute atomic E-state index is 0.438. The van der Waals surface area contributed by atoms with Crippen LogP contribution in [0.2, 0.25) is 0 Å². The summed E-state index contributed by atoms with van der Waals surface area (Å²) < 4.78 is 0. The van der Waals surface area contributed by atoms with Crippen LogP contribution in [0, 0.1) is 6.92 Å². The van der Waals surface area contributed by atoms with Gasteiger partial charge in [-0.2, -0.15) is 0 Å². The number of benzene rings is 2. The molecule has 2 fully saturated rings. The summed E-state index contributed by atoms with van der Waals surface area (Å²) in [6, 6.07) is 18.8. The summed E-state index contributed by atoms with van der Waals surface area (Å²) in [5.74, 6) is -0.833. The quantitative estimate of drug-likeness (QED) is 0.607. The lowest BCUT2D eigenvalue weighted by atomic mass is 10.0. The van der Waals surface area contributed by atoms with E-state index in [-0.39, 0.29) is 0 Å². The summed E-state index contributed by atoms with van der Waals surface area (Å²) in [7, 11) is 0. The van der Waals surface area contributed by atoms with Gasteiger partial charge in [0.1, 0.15) is 0 Å². The van der Waals surface area contributed by atoms with Crippen molar-refractivity contribution in [3.05, 3.63) is 59.7 Å². The molecule has 2 aliphatic rings. The van der Waals surface area contributed by atoms with Crippen LogP contribution in [0.3, 0.4) is 0 Å². The van der Waals surface area contributed by atoms with Crippen LogP contribution >= 0.6 is 0 Å². The third-order valence-electron chi connectivity index (χ3n) is 7.17. The molecule has 2 aromatic carbocycles. The molecule has 0 amide bonds. The molecular weight excluding hydrogens is 464 g/mol. The molecule has 0 radical (unpaired) electrons. The molecule has 37 heavy (non-hydrogen) atoms. The van der Waals surface area contributed by atoms with Crippen LogP contribution in [-0.4, -0.2) is 89.5 Å². The van der Waals surface area contributed by atoms with Crippen LogP contribution in [0.5, 0.6) is 0 Å². The van der Waals surface area contributed by atoms with Crippen molar-refractivity contribution in [1.29, 1.82) is 0 Å². The zero-order valence-electron chi connectivity index (χ0n) is 23.5. The molecule has 2 N–H and O–H groups in total. The van der Waals surface area contributed by atoms with Crippen LogP contribution in [0.15, 0.2) is 48.5 Å². The molecule has 2 aromatic rings. The second-order valence-corrected chi connectivity index (χ2v) is 11.3. The van der Waals surface area contributed by atoms with Crippen molar-refractivity contribution >= 4 is 17.3 Å². The van der Waals surface area contributed by atoms with E-state index < -0.39 is 11.6 Å². The molecule has 7 nitrogen and oxygen atoms in total. The monoisotopic (exact) mass is 510 g/mol. The number of rotatable bonds is 6. The number of aryl methyl sites for hydroxylation is 1. The second kappa shape index (κ2) is 12.8. The van der Waals surface area contributed by atoms with Crippen molar-refractivity contribution in [1.82, 2.24) is 9.80 Å². The lowest BCUT2D eigenvalue weighted by molar-refractivity contribution is -0.134. The summed E-state index contributed by atoms with van der Waals surface area (Å²) >= 11 is 0. The Morgan fingerprint density at radius 1 is 0.973 bits per heavy atom. The van der Waals surface area contributed by atoms with Crippen LogP contribution in [-0.2, 0) is 11.3 Å². The molecule has 0 aromatic heterocycles. The number of hydrogen-bond acceptors (Lipinski definition) is 6. The highest BCUT2D eigenvalue weighted by Gasteiger charge is 2.28. The summed E-state index contributed by atoms with van der Waals surface area (Å²) in [4.78, 5) is 19.1. The first-order valence-corrected chi connectivity index (χ1v) is 13.5. The van der Waals surface area contributed by atoms with Gasteiger partial charge in [0.05, 0.1) is 5.60 Å². The maximum atomic E-state index is 10.2. The maximum Gasteiger partial charge on any atom is 0.300 e. The Balaban J connectivity index is 0.000000886. The first-order valence-electron chi connectivity index (χ1n) is 13.5. The summed E-state index contributed by atoms with van der Waals surface area (Å²) in [5.41, 5.74) is 4.82. The Morgan fingerprint density at radius 2 is 1.65 bits per heavy atom. The average molecular weight is 511 g/mol. The third kappa shape index (κ3) is 8.73. The van der Waals surface area contributed by atoms with Gasteiger partial charge >= 0.3 is 0 Å². The fraction of sp³-hybridized carbons (Fsp3) is 0.567. The van der Waals surface area contributed by atoms with Gasteiger partial charge in [-0.05, 0) is 63.9 Å². The Kier molecular flexibility index (Phi) is 9.99. The van der Waals surface area contributed by atoms with Crippen LogP contribution < -0.4 is 9.80 Å². The lowest BCUT2D eigenvalue weighted by Gasteiger charge is -2.43. The van der Waals surface area contributed by atoms with E-state index in [4.69, 9.17) is 9.90 Å². The molecule has 204 valence electrons. The molecule has 7 heteroatoms. The van der Waals surface area contributed by atoms with Gasteiger partial charge in [-0.1, -0.05) is 30.3 Å². The van der Waals surface area contributed by atoms with E-state index in [0.29, 0.717) is 12.1 Å². The van der Waals surface area contributed by atoms with Crippen molar-refractivity contribution < 1.29 is 15.0 Å². The molecule has 2 aliphatic heterocycles. The van der Waals surface area contributed by atoms with Crippen molar-refractivity contribution in [2.24, 2.45) is 0 Å². The minimum atomic E-state index is -0.833. The molecule has 0 bridgehead atoms. The Bertz CT molecular complexity index is 1000. The molecule has 0 aliphatic carbocycles. The van der Waals surface area contributed by atoms with Gasteiger partial charge < -0.3 is 20.0 Å². The Labute approximate surface area is 223 Å². The summed E-state index contributed by atoms with van der Waals surface area (Å²) in [6.45, 7) is 19.8. The van der Waals surface area contributed by atoms with E-state index in [1.54, 1.807) is 0 Å². The van der Waals surface area contributed by atoms with E-state index >= 15 is 0 Å². The standard InChI is InChI=1S/C28H42N4O.C2H4O2/c1-22-17-26(32-16-13-29(18-24(32)3)21-28(4,5)33)11-12-27(22)31-15-14-30(23(2)19-31)20-25-9-7-6-8-10-25;1-2(3)4/h6-12,17,23-24,33H,13-16,18-21H2,1-5H3;1H3,(H,3,4)/t23-,24-;/m1./s1. The number of β-amino-alcohol motifs (C(OH)–C–C–N with tert-alkyl or cyclic N) is 1. The molecule has 0 saturated carbocycles. The zero-order chi connectivity index (χ0) is 27.2. The zero-order valence-corrected chi connectivity index (χ0v) is 23.5. The number of aliphatic hydroxyl groups is 1. The summed E-state index contributed by atoms with van der Waals surface area (Å²) in [6.07, 6.45) is 0. The maximum absolute atomic E-state index is 10.2. The lowest BCUT2D eigenvalue weighted by Crippen LogP contribution is -2.54. The number of carboxylic acids is 1. The van der Waals surface area contributed by atoms with Gasteiger partial charge in [-0.3, -0.25) is 14.6 Å². The van der Waals surface area contributed by atoms with Gasteiger partial charge in [0.15, 0.2) is 0 Å². The Hall–Kier alpha value is -2.61. The molecule has 0 spiro atoms. The van der Waals surface area contributed by atoms with Crippen LogP contribution in [0.4, 0.5) is 11.4 Å². The number of hydrogen-bond donors (Lipinski definition) is 2. The first-order chi connectivity index (χ1) is 17.4. The highest BCUT2D eigenvalue weighted by molar-refractivity contribution is 5.63. The van der Waals surface area contributed by atoms with Crippen molar-refractivity contribution in [3.8, 4) is 0 Å². The smallest absolute Gasteiger partial charge is 0.300 e. The molecule has 0 unspecified atom stereocenters. The van der Waals surface area contributed by atoms with E-state index in [0.717, 1.165) is 59.3 Å². The highest BCUT2D eigenvalue weighted by atomic mass is 16.4. The fourth-order valence-electron chi connectivity index (χ4n) is 5.55. The van der Waals surface area contributed by atoms with Gasteiger partial charge in [-0.15, -0.1) is 0 Å². The van der Waals surface area contributed by atoms with Crippen LogP contribution in [0.25, 0.3) is 0 Å². The van der Waals surface area contributed by atoms with Crippen molar-refractivity contribution in [3.63, 3.8) is 0 Å². The van der Waals surface area contributed by atoms with Gasteiger partial charge in [0, 0.05) is 82.7 Å². The predicted octanol–water partition coefficient (Wildman–Crippen LogP) is 4.08. The van der Waals surface area contributed by atoms with E-state index in [1.165, 1.54) is 22.5 Å². The molecule has 2 atom stereocenters. The minimum Gasteiger partial charge on any atom is -0.481 e. The van der Waals surface area contributed by atoms with Gasteiger partial charge in [-0.25, -0.2) is 0 Å². The molecule has 4 rings (SSSR count). The van der Waals surface area contributed by atoms with Gasteiger partial charge in [0.2, 0.25) is 0 Å². The fourth-order valence-corrected chi connectivity index (χ4v) is 5.55.